The van der Waals surface area contributed by atoms with E-state index in [9.17, 15) is 13.5 Å². The number of sulfonamides is 1. The fourth-order valence-electron chi connectivity index (χ4n) is 2.71. The monoisotopic (exact) mass is 373 g/mol. The number of aromatic hydroxyl groups is 1. The molecule has 0 saturated carbocycles. The molecule has 0 amide bonds. The zero-order valence-electron chi connectivity index (χ0n) is 14.5. The maximum absolute atomic E-state index is 12.4. The number of benzene rings is 2. The molecule has 0 bridgehead atoms. The highest BCUT2D eigenvalue weighted by Crippen LogP contribution is 2.39. The van der Waals surface area contributed by atoms with Gasteiger partial charge in [-0.2, -0.15) is 8.42 Å². The molecule has 136 valence electrons. The van der Waals surface area contributed by atoms with Crippen molar-refractivity contribution in [3.05, 3.63) is 48.5 Å². The van der Waals surface area contributed by atoms with Gasteiger partial charge in [-0.3, -0.25) is 0 Å². The van der Waals surface area contributed by atoms with Crippen molar-refractivity contribution in [2.45, 2.75) is 25.3 Å². The summed E-state index contributed by atoms with van der Waals surface area (Å²) in [6, 6.07) is 13.2. The number of para-hydroxylation sites is 1. The molecule has 0 atom stereocenters. The highest BCUT2D eigenvalue weighted by molar-refractivity contribution is 7.90. The van der Waals surface area contributed by atoms with Gasteiger partial charge in [0.15, 0.2) is 5.69 Å². The second kappa shape index (κ2) is 7.17. The van der Waals surface area contributed by atoms with Gasteiger partial charge >= 0.3 is 0 Å². The molecular weight excluding hydrogens is 354 g/mol. The smallest absolute Gasteiger partial charge is 0.299 e. The van der Waals surface area contributed by atoms with Gasteiger partial charge in [-0.25, -0.2) is 0 Å². The molecule has 2 aromatic carbocycles. The number of hydrogen-bond donors (Lipinski definition) is 1. The van der Waals surface area contributed by atoms with Crippen molar-refractivity contribution in [2.24, 2.45) is 9.63 Å². The van der Waals surface area contributed by atoms with Crippen molar-refractivity contribution in [1.82, 2.24) is 4.57 Å². The van der Waals surface area contributed by atoms with Gasteiger partial charge in [0, 0.05) is 11.9 Å². The molecule has 0 spiro atoms. The van der Waals surface area contributed by atoms with Crippen molar-refractivity contribution in [1.29, 1.82) is 0 Å². The molecule has 3 aromatic rings. The summed E-state index contributed by atoms with van der Waals surface area (Å²) in [4.78, 5) is 0.00317. The summed E-state index contributed by atoms with van der Waals surface area (Å²) >= 11 is 0. The van der Waals surface area contributed by atoms with E-state index in [1.165, 1.54) is 12.1 Å². The van der Waals surface area contributed by atoms with E-state index in [2.05, 4.69) is 9.63 Å². The molecule has 1 aromatic heterocycles. The van der Waals surface area contributed by atoms with Crippen molar-refractivity contribution in [2.75, 3.05) is 6.61 Å². The second-order valence-corrected chi connectivity index (χ2v) is 7.08. The molecule has 1 N–H and O–H groups in total. The molecule has 1 heterocycles. The molecule has 0 aliphatic rings. The van der Waals surface area contributed by atoms with Crippen molar-refractivity contribution in [3.8, 4) is 11.6 Å². The highest BCUT2D eigenvalue weighted by Gasteiger charge is 2.18. The minimum atomic E-state index is -3.99. The summed E-state index contributed by atoms with van der Waals surface area (Å²) in [7, 11) is -3.99. The Labute approximate surface area is 151 Å². The normalized spacial score (nSPS) is 12.1. The molecular formula is C18H19N3O4S. The summed E-state index contributed by atoms with van der Waals surface area (Å²) in [6.45, 7) is 4.74. The van der Waals surface area contributed by atoms with E-state index in [0.29, 0.717) is 24.3 Å². The van der Waals surface area contributed by atoms with E-state index in [1.807, 2.05) is 26.0 Å². The maximum Gasteiger partial charge on any atom is 0.299 e. The van der Waals surface area contributed by atoms with E-state index >= 15 is 0 Å². The second-order valence-electron chi connectivity index (χ2n) is 5.49. The molecule has 0 saturated heterocycles. The first kappa shape index (κ1) is 17.9. The molecule has 0 fully saturated rings. The minimum absolute atomic E-state index is 0.00317. The molecule has 8 heteroatoms. The van der Waals surface area contributed by atoms with Gasteiger partial charge in [-0.15, -0.1) is 5.11 Å². The highest BCUT2D eigenvalue weighted by atomic mass is 32.2. The van der Waals surface area contributed by atoms with Gasteiger partial charge in [0.05, 0.1) is 17.0 Å². The first-order valence-corrected chi connectivity index (χ1v) is 9.63. The van der Waals surface area contributed by atoms with Crippen LogP contribution in [0.5, 0.6) is 11.6 Å². The standard InChI is InChI=1S/C18H19N3O4S/c1-3-21-16-8-6-5-7-15(16)17(18(21)22)19-20-26(23,24)14-11-9-13(10-12-14)25-4-2/h5-12,22H,3-4H2,1-2H3. The van der Waals surface area contributed by atoms with Crippen LogP contribution in [0, 0.1) is 0 Å². The minimum Gasteiger partial charge on any atom is -0.494 e. The molecule has 3 rings (SSSR count). The lowest BCUT2D eigenvalue weighted by Gasteiger charge is -2.03. The predicted molar refractivity (Wildman–Crippen MR) is 98.6 cm³/mol. The van der Waals surface area contributed by atoms with Gasteiger partial charge in [-0.05, 0) is 44.2 Å². The molecule has 0 aliphatic heterocycles. The molecule has 26 heavy (non-hydrogen) atoms. The molecule has 7 nitrogen and oxygen atoms in total. The number of aryl methyl sites for hydroxylation is 1. The number of aromatic nitrogens is 1. The van der Waals surface area contributed by atoms with Gasteiger partial charge in [0.1, 0.15) is 5.75 Å². The van der Waals surface area contributed by atoms with Gasteiger partial charge in [0.2, 0.25) is 5.88 Å². The topological polar surface area (TPSA) is 93.2 Å². The van der Waals surface area contributed by atoms with Gasteiger partial charge in [0.25, 0.3) is 10.0 Å². The van der Waals surface area contributed by atoms with E-state index in [1.54, 1.807) is 28.8 Å². The quantitative estimate of drug-likeness (QED) is 0.654. The van der Waals surface area contributed by atoms with Crippen LogP contribution in [0.3, 0.4) is 0 Å². The maximum atomic E-state index is 12.4. The summed E-state index contributed by atoms with van der Waals surface area (Å²) in [5.74, 6) is 0.464. The van der Waals surface area contributed by atoms with Crippen LogP contribution in [0.25, 0.3) is 10.9 Å². The van der Waals surface area contributed by atoms with E-state index in [0.717, 1.165) is 5.52 Å². The Morgan fingerprint density at radius 3 is 2.42 bits per heavy atom. The number of hydrogen-bond acceptors (Lipinski definition) is 5. The van der Waals surface area contributed by atoms with E-state index in [-0.39, 0.29) is 16.5 Å². The van der Waals surface area contributed by atoms with Crippen molar-refractivity contribution >= 4 is 26.6 Å². The predicted octanol–water partition coefficient (Wildman–Crippen LogP) is 4.24. The fraction of sp³-hybridized carbons (Fsp3) is 0.222. The number of ether oxygens (including phenoxy) is 1. The van der Waals surface area contributed by atoms with E-state index in [4.69, 9.17) is 4.74 Å². The summed E-state index contributed by atoms with van der Waals surface area (Å²) < 4.78 is 35.3. The lowest BCUT2D eigenvalue weighted by molar-refractivity contribution is 0.340. The Morgan fingerprint density at radius 1 is 1.08 bits per heavy atom. The Morgan fingerprint density at radius 2 is 1.77 bits per heavy atom. The van der Waals surface area contributed by atoms with Crippen LogP contribution >= 0.6 is 0 Å². The lowest BCUT2D eigenvalue weighted by atomic mass is 10.2. The zero-order chi connectivity index (χ0) is 18.7. The molecule has 0 aliphatic carbocycles. The van der Waals surface area contributed by atoms with E-state index < -0.39 is 10.0 Å². The third kappa shape index (κ3) is 3.28. The average molecular weight is 373 g/mol. The Bertz CT molecular complexity index is 1050. The van der Waals surface area contributed by atoms with Crippen molar-refractivity contribution in [3.63, 3.8) is 0 Å². The number of nitrogens with zero attached hydrogens (tertiary/aromatic N) is 3. The number of rotatable bonds is 6. The lowest BCUT2D eigenvalue weighted by Crippen LogP contribution is -1.96. The first-order chi connectivity index (χ1) is 12.5. The van der Waals surface area contributed by atoms with Crippen LogP contribution in [-0.2, 0) is 16.6 Å². The van der Waals surface area contributed by atoms with Gasteiger partial charge in [-0.1, -0.05) is 22.7 Å². The van der Waals surface area contributed by atoms with Crippen LogP contribution in [0.15, 0.2) is 63.1 Å². The van der Waals surface area contributed by atoms with Crippen LogP contribution in [0.4, 0.5) is 5.69 Å². The van der Waals surface area contributed by atoms with Crippen LogP contribution in [0.2, 0.25) is 0 Å². The first-order valence-electron chi connectivity index (χ1n) is 8.19. The Balaban J connectivity index is 1.99. The third-order valence-corrected chi connectivity index (χ3v) is 5.08. The van der Waals surface area contributed by atoms with Crippen LogP contribution in [0.1, 0.15) is 13.8 Å². The summed E-state index contributed by atoms with van der Waals surface area (Å²) in [6.07, 6.45) is 0. The average Bonchev–Trinajstić information content (AvgIpc) is 2.91. The zero-order valence-corrected chi connectivity index (χ0v) is 15.3. The van der Waals surface area contributed by atoms with Crippen molar-refractivity contribution < 1.29 is 18.3 Å². The summed E-state index contributed by atoms with van der Waals surface area (Å²) in [5, 5.41) is 14.9. The Hall–Kier alpha value is -2.87. The summed E-state index contributed by atoms with van der Waals surface area (Å²) in [5.41, 5.74) is 0.900. The van der Waals surface area contributed by atoms with Crippen LogP contribution < -0.4 is 4.74 Å². The Kier molecular flexibility index (Phi) is 4.94. The van der Waals surface area contributed by atoms with Gasteiger partial charge < -0.3 is 14.4 Å². The largest absolute Gasteiger partial charge is 0.494 e. The molecule has 0 unspecified atom stereocenters. The SMILES string of the molecule is CCOc1ccc(S(=O)(=O)N=Nc2c(O)n(CC)c3ccccc23)cc1. The fourth-order valence-corrected chi connectivity index (χ4v) is 3.47. The molecule has 0 radical (unpaired) electrons. The van der Waals surface area contributed by atoms with Crippen LogP contribution in [-0.4, -0.2) is 24.7 Å². The number of fused-ring (bicyclic) bond motifs is 1. The third-order valence-electron chi connectivity index (χ3n) is 3.91.